The fraction of sp³-hybridized carbons (Fsp3) is 0.588. The van der Waals surface area contributed by atoms with Crippen molar-refractivity contribution in [3.05, 3.63) is 33.9 Å². The summed E-state index contributed by atoms with van der Waals surface area (Å²) in [6.45, 7) is 8.63. The number of nitro benzene ring substituents is 1. The zero-order valence-corrected chi connectivity index (χ0v) is 14.9. The molecule has 0 radical (unpaired) electrons. The molecule has 1 amide bonds. The van der Waals surface area contributed by atoms with E-state index in [4.69, 9.17) is 4.74 Å². The minimum absolute atomic E-state index is 0.0333. The third-order valence-electron chi connectivity index (χ3n) is 4.30. The molecule has 3 N–H and O–H groups in total. The first kappa shape index (κ1) is 18.2. The van der Waals surface area contributed by atoms with E-state index in [0.717, 1.165) is 12.8 Å². The van der Waals surface area contributed by atoms with Crippen molar-refractivity contribution in [2.45, 2.75) is 57.7 Å². The Morgan fingerprint density at radius 2 is 1.88 bits per heavy atom. The Morgan fingerprint density at radius 1 is 1.29 bits per heavy atom. The highest BCUT2D eigenvalue weighted by atomic mass is 16.6. The van der Waals surface area contributed by atoms with E-state index in [1.54, 1.807) is 6.07 Å². The van der Waals surface area contributed by atoms with Gasteiger partial charge in [0.25, 0.3) is 5.91 Å². The summed E-state index contributed by atoms with van der Waals surface area (Å²) in [7, 11) is 1.37. The molecule has 1 aromatic carbocycles. The first-order chi connectivity index (χ1) is 11.0. The molecule has 7 heteroatoms. The molecule has 132 valence electrons. The summed E-state index contributed by atoms with van der Waals surface area (Å²) < 4.78 is 4.97. The number of carbonyl (C=O) groups excluding carboxylic acids is 1. The normalized spacial score (nSPS) is 19.5. The Bertz CT molecular complexity index is 639. The van der Waals surface area contributed by atoms with Crippen LogP contribution in [0.4, 0.5) is 5.69 Å². The predicted molar refractivity (Wildman–Crippen MR) is 90.2 cm³/mol. The number of nitrogens with one attached hydrogen (secondary N) is 1. The Balaban J connectivity index is 2.18. The van der Waals surface area contributed by atoms with Crippen LogP contribution in [0.15, 0.2) is 18.2 Å². The molecule has 1 heterocycles. The van der Waals surface area contributed by atoms with E-state index in [9.17, 15) is 14.9 Å². The van der Waals surface area contributed by atoms with Crippen LogP contribution in [-0.4, -0.2) is 35.1 Å². The quantitative estimate of drug-likeness (QED) is 0.645. The predicted octanol–water partition coefficient (Wildman–Crippen LogP) is 1.62. The summed E-state index contributed by atoms with van der Waals surface area (Å²) in [5.41, 5.74) is 0.132. The van der Waals surface area contributed by atoms with Crippen LogP contribution in [0.2, 0.25) is 0 Å². The second-order valence-corrected chi connectivity index (χ2v) is 7.84. The molecule has 0 saturated carbocycles. The van der Waals surface area contributed by atoms with Crippen molar-refractivity contribution in [1.29, 1.82) is 0 Å². The van der Waals surface area contributed by atoms with Crippen LogP contribution in [0, 0.1) is 10.1 Å². The molecule has 0 bridgehead atoms. The van der Waals surface area contributed by atoms with Gasteiger partial charge in [-0.2, -0.15) is 0 Å². The Labute approximate surface area is 141 Å². The molecule has 0 atom stereocenters. The second-order valence-electron chi connectivity index (χ2n) is 7.84. The lowest BCUT2D eigenvalue weighted by Crippen LogP contribution is -3.06. The molecule has 0 aromatic heterocycles. The van der Waals surface area contributed by atoms with E-state index in [0.29, 0.717) is 0 Å². The third-order valence-corrected chi connectivity index (χ3v) is 4.30. The largest absolute Gasteiger partial charge is 0.490 e. The SMILES string of the molecule is COc1ccc(C(=O)NC2CC(C)(C)[NH2+]C(C)(C)C2)cc1[N+](=O)[O-]. The van der Waals surface area contributed by atoms with Crippen LogP contribution in [0.1, 0.15) is 50.9 Å². The second kappa shape index (κ2) is 6.39. The van der Waals surface area contributed by atoms with Gasteiger partial charge in [0, 0.05) is 30.5 Å². The molecule has 1 saturated heterocycles. The number of piperidine rings is 1. The van der Waals surface area contributed by atoms with Gasteiger partial charge in [0.15, 0.2) is 5.75 Å². The summed E-state index contributed by atoms with van der Waals surface area (Å²) >= 11 is 0. The highest BCUT2D eigenvalue weighted by Crippen LogP contribution is 2.28. The lowest BCUT2D eigenvalue weighted by molar-refractivity contribution is -0.787. The molecule has 0 unspecified atom stereocenters. The molecule has 7 nitrogen and oxygen atoms in total. The molecule has 24 heavy (non-hydrogen) atoms. The number of quaternary nitrogens is 1. The van der Waals surface area contributed by atoms with Crippen LogP contribution < -0.4 is 15.4 Å². The van der Waals surface area contributed by atoms with Gasteiger partial charge in [-0.1, -0.05) is 0 Å². The van der Waals surface area contributed by atoms with Crippen molar-refractivity contribution < 1.29 is 19.8 Å². The summed E-state index contributed by atoms with van der Waals surface area (Å²) in [4.78, 5) is 23.1. The van der Waals surface area contributed by atoms with Crippen molar-refractivity contribution >= 4 is 11.6 Å². The maximum absolute atomic E-state index is 12.5. The van der Waals surface area contributed by atoms with Crippen molar-refractivity contribution in [3.8, 4) is 5.75 Å². The zero-order valence-electron chi connectivity index (χ0n) is 14.9. The first-order valence-electron chi connectivity index (χ1n) is 8.03. The van der Waals surface area contributed by atoms with E-state index in [1.807, 2.05) is 0 Å². The van der Waals surface area contributed by atoms with Gasteiger partial charge in [-0.25, -0.2) is 0 Å². The Morgan fingerprint density at radius 3 is 2.38 bits per heavy atom. The highest BCUT2D eigenvalue weighted by Gasteiger charge is 2.42. The molecule has 1 fully saturated rings. The van der Waals surface area contributed by atoms with E-state index in [2.05, 4.69) is 38.3 Å². The van der Waals surface area contributed by atoms with Crippen molar-refractivity contribution in [2.75, 3.05) is 7.11 Å². The average molecular weight is 336 g/mol. The van der Waals surface area contributed by atoms with E-state index < -0.39 is 4.92 Å². The number of nitrogens with two attached hydrogens (primary N) is 1. The summed E-state index contributed by atoms with van der Waals surface area (Å²) in [6.07, 6.45) is 1.70. The van der Waals surface area contributed by atoms with Crippen molar-refractivity contribution in [1.82, 2.24) is 5.32 Å². The fourth-order valence-corrected chi connectivity index (χ4v) is 3.86. The lowest BCUT2D eigenvalue weighted by atomic mass is 9.79. The van der Waals surface area contributed by atoms with Gasteiger partial charge in [0.1, 0.15) is 0 Å². The molecule has 1 aliphatic heterocycles. The summed E-state index contributed by atoms with van der Waals surface area (Å²) in [5.74, 6) is -0.148. The minimum Gasteiger partial charge on any atom is -0.490 e. The van der Waals surface area contributed by atoms with E-state index >= 15 is 0 Å². The molecule has 2 rings (SSSR count). The maximum atomic E-state index is 12.5. The first-order valence-corrected chi connectivity index (χ1v) is 8.03. The van der Waals surface area contributed by atoms with Gasteiger partial charge in [0.2, 0.25) is 0 Å². The van der Waals surface area contributed by atoms with Crippen LogP contribution in [-0.2, 0) is 0 Å². The number of nitrogens with zero attached hydrogens (tertiary/aromatic N) is 1. The van der Waals surface area contributed by atoms with Crippen LogP contribution in [0.25, 0.3) is 0 Å². The monoisotopic (exact) mass is 336 g/mol. The Hall–Kier alpha value is -2.15. The number of rotatable bonds is 4. The molecular formula is C17H26N3O4+. The summed E-state index contributed by atoms with van der Waals surface area (Å²) in [5, 5.41) is 16.5. The van der Waals surface area contributed by atoms with Crippen molar-refractivity contribution in [3.63, 3.8) is 0 Å². The van der Waals surface area contributed by atoms with Gasteiger partial charge in [0.05, 0.1) is 23.1 Å². The number of nitro groups is 1. The number of hydrogen-bond acceptors (Lipinski definition) is 4. The van der Waals surface area contributed by atoms with Crippen molar-refractivity contribution in [2.24, 2.45) is 0 Å². The topological polar surface area (TPSA) is 98.1 Å². The number of benzene rings is 1. The smallest absolute Gasteiger partial charge is 0.311 e. The number of ether oxygens (including phenoxy) is 1. The molecule has 1 aliphatic rings. The standard InChI is InChI=1S/C17H25N3O4/c1-16(2)9-12(10-17(3,4)19-16)18-15(21)11-6-7-14(24-5)13(8-11)20(22)23/h6-8,12,19H,9-10H2,1-5H3,(H,18,21)/p+1. The van der Waals surface area contributed by atoms with E-state index in [-0.39, 0.29) is 40.0 Å². The van der Waals surface area contributed by atoms with E-state index in [1.165, 1.54) is 19.2 Å². The molecular weight excluding hydrogens is 310 g/mol. The van der Waals surface area contributed by atoms with Gasteiger partial charge in [-0.05, 0) is 39.8 Å². The average Bonchev–Trinajstić information content (AvgIpc) is 2.42. The van der Waals surface area contributed by atoms with Crippen LogP contribution in [0.5, 0.6) is 5.75 Å². The van der Waals surface area contributed by atoms with Gasteiger partial charge in [-0.15, -0.1) is 0 Å². The third kappa shape index (κ3) is 4.23. The zero-order chi connectivity index (χ0) is 18.1. The number of amides is 1. The van der Waals surface area contributed by atoms with Gasteiger partial charge < -0.3 is 15.4 Å². The van der Waals surface area contributed by atoms with Crippen LogP contribution in [0.3, 0.4) is 0 Å². The number of carbonyl (C=O) groups is 1. The fourth-order valence-electron chi connectivity index (χ4n) is 3.86. The molecule has 0 spiro atoms. The number of hydrogen-bond donors (Lipinski definition) is 2. The molecule has 1 aromatic rings. The van der Waals surface area contributed by atoms with Gasteiger partial charge in [-0.3, -0.25) is 14.9 Å². The summed E-state index contributed by atoms with van der Waals surface area (Å²) in [6, 6.07) is 4.30. The maximum Gasteiger partial charge on any atom is 0.311 e. The number of methoxy groups -OCH3 is 1. The lowest BCUT2D eigenvalue weighted by Gasteiger charge is -2.43. The highest BCUT2D eigenvalue weighted by molar-refractivity contribution is 5.95. The minimum atomic E-state index is -0.544. The Kier molecular flexibility index (Phi) is 4.85. The van der Waals surface area contributed by atoms with Gasteiger partial charge >= 0.3 is 5.69 Å². The molecule has 0 aliphatic carbocycles. The van der Waals surface area contributed by atoms with Crippen LogP contribution >= 0.6 is 0 Å².